The Morgan fingerprint density at radius 3 is 2.46 bits per heavy atom. The fraction of sp³-hybridized carbons (Fsp3) is 0. The van der Waals surface area contributed by atoms with Gasteiger partial charge >= 0.3 is 0 Å². The van der Waals surface area contributed by atoms with Crippen LogP contribution in [0.2, 0.25) is 0 Å². The minimum Gasteiger partial charge on any atom is -0.383 e. The van der Waals surface area contributed by atoms with Crippen LogP contribution in [0.5, 0.6) is 0 Å². The van der Waals surface area contributed by atoms with Gasteiger partial charge in [0.2, 0.25) is 5.95 Å². The molecule has 0 atom stereocenters. The number of nitrogens with two attached hydrogens (primary N) is 2. The predicted molar refractivity (Wildman–Crippen MR) is 101 cm³/mol. The van der Waals surface area contributed by atoms with Gasteiger partial charge in [-0.25, -0.2) is 4.98 Å². The second-order valence-electron chi connectivity index (χ2n) is 5.65. The van der Waals surface area contributed by atoms with Crippen molar-refractivity contribution in [1.82, 2.24) is 9.97 Å². The Hall–Kier alpha value is -3.40. The summed E-state index contributed by atoms with van der Waals surface area (Å²) in [6.07, 6.45) is 4.10. The standard InChI is InChI=1S/C20H16N4/c21-19-18-15(6-3-7-17(18)23-20(22)24-19)11-9-13-8-10-14-4-1-2-5-16(14)12-13/h1-12H,(H4,21,22,23,24)/b11-9+. The van der Waals surface area contributed by atoms with Crippen LogP contribution < -0.4 is 11.5 Å². The Kier molecular flexibility index (Phi) is 3.35. The van der Waals surface area contributed by atoms with Gasteiger partial charge in [-0.3, -0.25) is 0 Å². The van der Waals surface area contributed by atoms with Gasteiger partial charge in [-0.2, -0.15) is 4.98 Å². The van der Waals surface area contributed by atoms with Gasteiger partial charge < -0.3 is 11.5 Å². The third-order valence-electron chi connectivity index (χ3n) is 4.03. The van der Waals surface area contributed by atoms with Crippen LogP contribution in [0.15, 0.2) is 60.7 Å². The smallest absolute Gasteiger partial charge is 0.222 e. The minimum absolute atomic E-state index is 0.190. The zero-order valence-electron chi connectivity index (χ0n) is 13.0. The summed E-state index contributed by atoms with van der Waals surface area (Å²) in [6, 6.07) is 20.5. The normalized spacial score (nSPS) is 11.5. The van der Waals surface area contributed by atoms with Crippen molar-refractivity contribution in [3.63, 3.8) is 0 Å². The van der Waals surface area contributed by atoms with E-state index in [2.05, 4.69) is 46.4 Å². The van der Waals surface area contributed by atoms with Crippen molar-refractivity contribution in [1.29, 1.82) is 0 Å². The van der Waals surface area contributed by atoms with Crippen molar-refractivity contribution in [2.24, 2.45) is 0 Å². The van der Waals surface area contributed by atoms with Gasteiger partial charge in [0.15, 0.2) is 0 Å². The van der Waals surface area contributed by atoms with Crippen molar-refractivity contribution in [2.45, 2.75) is 0 Å². The lowest BCUT2D eigenvalue weighted by molar-refractivity contribution is 1.24. The predicted octanol–water partition coefficient (Wildman–Crippen LogP) is 4.12. The molecular formula is C20H16N4. The molecule has 116 valence electrons. The minimum atomic E-state index is 0.190. The van der Waals surface area contributed by atoms with E-state index in [1.807, 2.05) is 36.4 Å². The zero-order valence-corrected chi connectivity index (χ0v) is 13.0. The van der Waals surface area contributed by atoms with Crippen LogP contribution in [0.3, 0.4) is 0 Å². The zero-order chi connectivity index (χ0) is 16.5. The molecule has 1 aromatic heterocycles. The Balaban J connectivity index is 1.79. The Morgan fingerprint density at radius 1 is 0.750 bits per heavy atom. The number of fused-ring (bicyclic) bond motifs is 2. The topological polar surface area (TPSA) is 77.8 Å². The third kappa shape index (κ3) is 2.54. The molecule has 0 spiro atoms. The summed E-state index contributed by atoms with van der Waals surface area (Å²) in [4.78, 5) is 8.31. The lowest BCUT2D eigenvalue weighted by atomic mass is 10.0. The molecule has 0 radical (unpaired) electrons. The summed E-state index contributed by atoms with van der Waals surface area (Å²) in [7, 11) is 0. The van der Waals surface area contributed by atoms with Crippen molar-refractivity contribution >= 4 is 45.6 Å². The van der Waals surface area contributed by atoms with Gasteiger partial charge in [-0.15, -0.1) is 0 Å². The summed E-state index contributed by atoms with van der Waals surface area (Å²) < 4.78 is 0. The van der Waals surface area contributed by atoms with Crippen molar-refractivity contribution in [3.8, 4) is 0 Å². The molecule has 4 heteroatoms. The second-order valence-corrected chi connectivity index (χ2v) is 5.65. The van der Waals surface area contributed by atoms with Crippen LogP contribution in [0.4, 0.5) is 11.8 Å². The molecule has 0 unspecified atom stereocenters. The van der Waals surface area contributed by atoms with Crippen molar-refractivity contribution in [2.75, 3.05) is 11.5 Å². The van der Waals surface area contributed by atoms with Crippen LogP contribution in [0.25, 0.3) is 33.8 Å². The van der Waals surface area contributed by atoms with Crippen LogP contribution >= 0.6 is 0 Å². The molecule has 4 aromatic rings. The Bertz CT molecular complexity index is 1080. The van der Waals surface area contributed by atoms with E-state index in [-0.39, 0.29) is 5.95 Å². The van der Waals surface area contributed by atoms with Crippen molar-refractivity contribution in [3.05, 3.63) is 71.8 Å². The van der Waals surface area contributed by atoms with E-state index in [0.29, 0.717) is 5.82 Å². The highest BCUT2D eigenvalue weighted by Gasteiger charge is 2.06. The number of anilines is 2. The number of benzene rings is 3. The highest BCUT2D eigenvalue weighted by atomic mass is 15.0. The molecule has 4 N–H and O–H groups in total. The molecule has 0 bridgehead atoms. The number of aromatic nitrogens is 2. The second kappa shape index (κ2) is 5.66. The van der Waals surface area contributed by atoms with Crippen LogP contribution in [-0.2, 0) is 0 Å². The number of rotatable bonds is 2. The molecule has 4 nitrogen and oxygen atoms in total. The molecule has 0 saturated heterocycles. The lowest BCUT2D eigenvalue weighted by Crippen LogP contribution is -2.01. The third-order valence-corrected chi connectivity index (χ3v) is 4.03. The van der Waals surface area contributed by atoms with Crippen LogP contribution in [-0.4, -0.2) is 9.97 Å². The van der Waals surface area contributed by atoms with Gasteiger partial charge in [0.05, 0.1) is 5.52 Å². The molecule has 0 saturated carbocycles. The first-order valence-corrected chi connectivity index (χ1v) is 7.69. The Labute approximate surface area is 139 Å². The molecule has 4 rings (SSSR count). The lowest BCUT2D eigenvalue weighted by Gasteiger charge is -2.05. The van der Waals surface area contributed by atoms with E-state index in [9.17, 15) is 0 Å². The maximum Gasteiger partial charge on any atom is 0.222 e. The quantitative estimate of drug-likeness (QED) is 0.546. The van der Waals surface area contributed by atoms with E-state index < -0.39 is 0 Å². The molecule has 0 aliphatic rings. The fourth-order valence-electron chi connectivity index (χ4n) is 2.89. The number of hydrogen-bond donors (Lipinski definition) is 2. The van der Waals surface area contributed by atoms with E-state index in [1.54, 1.807) is 0 Å². The summed E-state index contributed by atoms with van der Waals surface area (Å²) in [5.74, 6) is 0.590. The molecule has 0 aliphatic heterocycles. The van der Waals surface area contributed by atoms with E-state index >= 15 is 0 Å². The monoisotopic (exact) mass is 312 g/mol. The van der Waals surface area contributed by atoms with Crippen molar-refractivity contribution < 1.29 is 0 Å². The number of nitrogens with zero attached hydrogens (tertiary/aromatic N) is 2. The first-order valence-electron chi connectivity index (χ1n) is 7.69. The SMILES string of the molecule is Nc1nc(N)c2c(/C=C/c3ccc4ccccc4c3)cccc2n1. The van der Waals surface area contributed by atoms with E-state index in [4.69, 9.17) is 11.5 Å². The van der Waals surface area contributed by atoms with Gasteiger partial charge in [0.1, 0.15) is 5.82 Å². The average Bonchev–Trinajstić information content (AvgIpc) is 2.59. The first-order chi connectivity index (χ1) is 11.7. The summed E-state index contributed by atoms with van der Waals surface area (Å²) >= 11 is 0. The van der Waals surface area contributed by atoms with Gasteiger partial charge in [0.25, 0.3) is 0 Å². The van der Waals surface area contributed by atoms with E-state index in [0.717, 1.165) is 22.0 Å². The van der Waals surface area contributed by atoms with Gasteiger partial charge in [-0.1, -0.05) is 60.7 Å². The maximum atomic E-state index is 6.04. The average molecular weight is 312 g/mol. The van der Waals surface area contributed by atoms with Gasteiger partial charge in [-0.05, 0) is 34.0 Å². The molecular weight excluding hydrogens is 296 g/mol. The van der Waals surface area contributed by atoms with Gasteiger partial charge in [0, 0.05) is 5.39 Å². The molecule has 1 heterocycles. The fourth-order valence-corrected chi connectivity index (χ4v) is 2.89. The molecule has 3 aromatic carbocycles. The summed E-state index contributed by atoms with van der Waals surface area (Å²) in [5, 5.41) is 3.27. The molecule has 24 heavy (non-hydrogen) atoms. The largest absolute Gasteiger partial charge is 0.383 e. The van der Waals surface area contributed by atoms with E-state index in [1.165, 1.54) is 10.8 Å². The molecule has 0 amide bonds. The highest BCUT2D eigenvalue weighted by molar-refractivity contribution is 5.98. The number of nitrogen functional groups attached to an aromatic ring is 2. The summed E-state index contributed by atoms with van der Waals surface area (Å²) in [6.45, 7) is 0. The van der Waals surface area contributed by atoms with Crippen LogP contribution in [0, 0.1) is 0 Å². The molecule has 0 aliphatic carbocycles. The first kappa shape index (κ1) is 14.2. The highest BCUT2D eigenvalue weighted by Crippen LogP contribution is 2.25. The Morgan fingerprint density at radius 2 is 1.58 bits per heavy atom. The summed E-state index contributed by atoms with van der Waals surface area (Å²) in [5.41, 5.74) is 14.6. The van der Waals surface area contributed by atoms with Crippen LogP contribution in [0.1, 0.15) is 11.1 Å². The number of hydrogen-bond acceptors (Lipinski definition) is 4. The molecule has 0 fully saturated rings. The maximum absolute atomic E-state index is 6.04.